The first-order valence-corrected chi connectivity index (χ1v) is 5.53. The van der Waals surface area contributed by atoms with E-state index in [1.165, 1.54) is 12.8 Å². The van der Waals surface area contributed by atoms with Crippen molar-refractivity contribution in [3.8, 4) is 5.75 Å². The molecule has 2 nitrogen and oxygen atoms in total. The molecule has 0 aliphatic heterocycles. The van der Waals surface area contributed by atoms with E-state index < -0.39 is 0 Å². The largest absolute Gasteiger partial charge is 0.493 e. The van der Waals surface area contributed by atoms with Crippen LogP contribution in [0.3, 0.4) is 0 Å². The smallest absolute Gasteiger partial charge is 0.153 e. The van der Waals surface area contributed by atoms with E-state index in [2.05, 4.69) is 0 Å². The number of halogens is 2. The highest BCUT2D eigenvalue weighted by Gasteiger charge is 2.22. The molecule has 0 aromatic heterocycles. The van der Waals surface area contributed by atoms with Crippen LogP contribution in [0, 0.1) is 5.92 Å². The molecule has 80 valence electrons. The Kier molecular flexibility index (Phi) is 3.17. The summed E-state index contributed by atoms with van der Waals surface area (Å²) >= 11 is 11.7. The van der Waals surface area contributed by atoms with Gasteiger partial charge >= 0.3 is 0 Å². The fourth-order valence-corrected chi connectivity index (χ4v) is 1.81. The van der Waals surface area contributed by atoms with Gasteiger partial charge < -0.3 is 4.74 Å². The third kappa shape index (κ3) is 2.64. The Morgan fingerprint density at radius 1 is 1.33 bits per heavy atom. The summed E-state index contributed by atoms with van der Waals surface area (Å²) in [5.74, 6) is 1.30. The molecule has 0 unspecified atom stereocenters. The summed E-state index contributed by atoms with van der Waals surface area (Å²) in [5.41, 5.74) is 0.317. The minimum atomic E-state index is 0.317. The van der Waals surface area contributed by atoms with E-state index in [4.69, 9.17) is 27.9 Å². The number of aldehydes is 1. The number of carbonyl (C=O) groups is 1. The minimum absolute atomic E-state index is 0.317. The topological polar surface area (TPSA) is 26.3 Å². The quantitative estimate of drug-likeness (QED) is 0.757. The molecule has 0 atom stereocenters. The van der Waals surface area contributed by atoms with Gasteiger partial charge in [-0.2, -0.15) is 0 Å². The van der Waals surface area contributed by atoms with Crippen molar-refractivity contribution in [3.63, 3.8) is 0 Å². The fraction of sp³-hybridized carbons (Fsp3) is 0.364. The van der Waals surface area contributed by atoms with Gasteiger partial charge in [0.2, 0.25) is 0 Å². The maximum Gasteiger partial charge on any atom is 0.153 e. The predicted molar refractivity (Wildman–Crippen MR) is 60.1 cm³/mol. The van der Waals surface area contributed by atoms with E-state index in [-0.39, 0.29) is 0 Å². The molecule has 4 heteroatoms. The van der Waals surface area contributed by atoms with Crippen molar-refractivity contribution in [2.45, 2.75) is 12.8 Å². The molecule has 0 spiro atoms. The lowest BCUT2D eigenvalue weighted by molar-refractivity contribution is 0.112. The SMILES string of the molecule is O=Cc1c(Cl)cc(OCC2CC2)cc1Cl. The Hall–Kier alpha value is -0.730. The number of benzene rings is 1. The molecular formula is C11H10Cl2O2. The fourth-order valence-electron chi connectivity index (χ4n) is 1.26. The van der Waals surface area contributed by atoms with Gasteiger partial charge in [-0.15, -0.1) is 0 Å². The van der Waals surface area contributed by atoms with Crippen LogP contribution in [-0.2, 0) is 0 Å². The molecule has 1 aliphatic carbocycles. The molecule has 2 rings (SSSR count). The van der Waals surface area contributed by atoms with Crippen molar-refractivity contribution < 1.29 is 9.53 Å². The van der Waals surface area contributed by atoms with E-state index in [1.54, 1.807) is 12.1 Å². The van der Waals surface area contributed by atoms with Crippen molar-refractivity contribution >= 4 is 29.5 Å². The summed E-state index contributed by atoms with van der Waals surface area (Å²) in [6.45, 7) is 0.701. The average Bonchev–Trinajstić information content (AvgIpc) is 2.97. The third-order valence-corrected chi connectivity index (χ3v) is 2.98. The minimum Gasteiger partial charge on any atom is -0.493 e. The molecule has 0 amide bonds. The summed E-state index contributed by atoms with van der Waals surface area (Å²) in [6, 6.07) is 3.25. The van der Waals surface area contributed by atoms with Crippen molar-refractivity contribution in [2.75, 3.05) is 6.61 Å². The van der Waals surface area contributed by atoms with Crippen molar-refractivity contribution in [3.05, 3.63) is 27.7 Å². The zero-order chi connectivity index (χ0) is 10.8. The molecule has 0 saturated heterocycles. The summed E-state index contributed by atoms with van der Waals surface area (Å²) in [6.07, 6.45) is 3.11. The van der Waals surface area contributed by atoms with Gasteiger partial charge in [-0.05, 0) is 30.9 Å². The molecular weight excluding hydrogens is 235 g/mol. The average molecular weight is 245 g/mol. The second-order valence-electron chi connectivity index (χ2n) is 3.67. The van der Waals surface area contributed by atoms with Gasteiger partial charge in [0.15, 0.2) is 6.29 Å². The van der Waals surface area contributed by atoms with Crippen LogP contribution in [0.2, 0.25) is 10.0 Å². The van der Waals surface area contributed by atoms with E-state index in [0.717, 1.165) is 0 Å². The summed E-state index contributed by atoms with van der Waals surface area (Å²) in [7, 11) is 0. The van der Waals surface area contributed by atoms with E-state index in [0.29, 0.717) is 40.2 Å². The number of hydrogen-bond donors (Lipinski definition) is 0. The van der Waals surface area contributed by atoms with Crippen LogP contribution in [-0.4, -0.2) is 12.9 Å². The molecule has 1 aromatic rings. The standard InChI is InChI=1S/C11H10Cl2O2/c12-10-3-8(15-6-7-1-2-7)4-11(13)9(10)5-14/h3-5,7H,1-2,6H2. The highest BCUT2D eigenvalue weighted by molar-refractivity contribution is 6.38. The van der Waals surface area contributed by atoms with Gasteiger partial charge in [0.05, 0.1) is 22.2 Å². The lowest BCUT2D eigenvalue weighted by Crippen LogP contribution is -1.99. The van der Waals surface area contributed by atoms with Crippen LogP contribution in [0.5, 0.6) is 5.75 Å². The van der Waals surface area contributed by atoms with Crippen molar-refractivity contribution in [1.29, 1.82) is 0 Å². The molecule has 1 saturated carbocycles. The lowest BCUT2D eigenvalue weighted by Gasteiger charge is -2.07. The predicted octanol–water partition coefficient (Wildman–Crippen LogP) is 3.59. The van der Waals surface area contributed by atoms with Gasteiger partial charge in [-0.25, -0.2) is 0 Å². The van der Waals surface area contributed by atoms with Crippen LogP contribution in [0.25, 0.3) is 0 Å². The number of rotatable bonds is 4. The maximum atomic E-state index is 10.6. The zero-order valence-electron chi connectivity index (χ0n) is 8.00. The summed E-state index contributed by atoms with van der Waals surface area (Å²) in [4.78, 5) is 10.6. The highest BCUT2D eigenvalue weighted by atomic mass is 35.5. The van der Waals surface area contributed by atoms with Crippen molar-refractivity contribution in [1.82, 2.24) is 0 Å². The van der Waals surface area contributed by atoms with Crippen LogP contribution in [0.1, 0.15) is 23.2 Å². The first-order valence-electron chi connectivity index (χ1n) is 4.77. The Labute approximate surface area is 98.1 Å². The second kappa shape index (κ2) is 4.42. The molecule has 0 heterocycles. The molecule has 0 radical (unpaired) electrons. The monoisotopic (exact) mass is 244 g/mol. The van der Waals surface area contributed by atoms with Crippen LogP contribution in [0.15, 0.2) is 12.1 Å². The van der Waals surface area contributed by atoms with Crippen molar-refractivity contribution in [2.24, 2.45) is 5.92 Å². The van der Waals surface area contributed by atoms with Gasteiger partial charge in [0.1, 0.15) is 5.75 Å². The van der Waals surface area contributed by atoms with Gasteiger partial charge in [-0.1, -0.05) is 23.2 Å². The molecule has 15 heavy (non-hydrogen) atoms. The first kappa shape index (κ1) is 10.8. The molecule has 0 bridgehead atoms. The Morgan fingerprint density at radius 3 is 2.40 bits per heavy atom. The number of ether oxygens (including phenoxy) is 1. The number of carbonyl (C=O) groups excluding carboxylic acids is 1. The zero-order valence-corrected chi connectivity index (χ0v) is 9.52. The first-order chi connectivity index (χ1) is 7.20. The highest BCUT2D eigenvalue weighted by Crippen LogP contribution is 2.32. The van der Waals surface area contributed by atoms with Gasteiger partial charge in [-0.3, -0.25) is 4.79 Å². The third-order valence-electron chi connectivity index (χ3n) is 2.35. The van der Waals surface area contributed by atoms with E-state index >= 15 is 0 Å². The molecule has 1 fully saturated rings. The second-order valence-corrected chi connectivity index (χ2v) is 4.49. The number of hydrogen-bond acceptors (Lipinski definition) is 2. The summed E-state index contributed by atoms with van der Waals surface area (Å²) < 4.78 is 5.51. The lowest BCUT2D eigenvalue weighted by atomic mass is 10.2. The molecule has 1 aromatic carbocycles. The van der Waals surface area contributed by atoms with Gasteiger partial charge in [0, 0.05) is 0 Å². The molecule has 1 aliphatic rings. The van der Waals surface area contributed by atoms with E-state index in [1.807, 2.05) is 0 Å². The van der Waals surface area contributed by atoms with E-state index in [9.17, 15) is 4.79 Å². The Morgan fingerprint density at radius 2 is 1.93 bits per heavy atom. The summed E-state index contributed by atoms with van der Waals surface area (Å²) in [5, 5.41) is 0.673. The van der Waals surface area contributed by atoms with Crippen LogP contribution < -0.4 is 4.74 Å². The maximum absolute atomic E-state index is 10.6. The Balaban J connectivity index is 2.14. The normalized spacial score (nSPS) is 15.1. The van der Waals surface area contributed by atoms with Gasteiger partial charge in [0.25, 0.3) is 0 Å². The Bertz CT molecular complexity index is 363. The molecule has 0 N–H and O–H groups in total. The van der Waals surface area contributed by atoms with Crippen LogP contribution in [0.4, 0.5) is 0 Å². The van der Waals surface area contributed by atoms with Crippen LogP contribution >= 0.6 is 23.2 Å².